The molecule has 148 valence electrons. The molecule has 0 bridgehead atoms. The minimum Gasteiger partial charge on any atom is -0.496 e. The van der Waals surface area contributed by atoms with Crippen molar-refractivity contribution >= 4 is 29.9 Å². The highest BCUT2D eigenvalue weighted by Gasteiger charge is 2.27. The summed E-state index contributed by atoms with van der Waals surface area (Å²) >= 11 is 0. The van der Waals surface area contributed by atoms with Crippen molar-refractivity contribution in [2.75, 3.05) is 33.8 Å². The average Bonchev–Trinajstić information content (AvgIpc) is 2.62. The van der Waals surface area contributed by atoms with Crippen molar-refractivity contribution in [1.29, 1.82) is 0 Å². The van der Waals surface area contributed by atoms with Gasteiger partial charge in [-0.1, -0.05) is 18.6 Å². The van der Waals surface area contributed by atoms with Gasteiger partial charge in [-0.05, 0) is 63.9 Å². The van der Waals surface area contributed by atoms with Gasteiger partial charge in [0, 0.05) is 25.7 Å². The smallest absolute Gasteiger partial charge is 0.191 e. The van der Waals surface area contributed by atoms with E-state index in [9.17, 15) is 0 Å². The quantitative estimate of drug-likeness (QED) is 0.376. The molecule has 0 spiro atoms. The van der Waals surface area contributed by atoms with E-state index in [4.69, 9.17) is 4.74 Å². The highest BCUT2D eigenvalue weighted by Crippen LogP contribution is 2.20. The second-order valence-corrected chi connectivity index (χ2v) is 7.44. The molecule has 0 radical (unpaired) electrons. The Kier molecular flexibility index (Phi) is 9.71. The molecule has 26 heavy (non-hydrogen) atoms. The third kappa shape index (κ3) is 6.61. The van der Waals surface area contributed by atoms with Gasteiger partial charge < -0.3 is 15.4 Å². The maximum Gasteiger partial charge on any atom is 0.191 e. The highest BCUT2D eigenvalue weighted by molar-refractivity contribution is 14.0. The standard InChI is InChI=1S/C20H34N4O.HI/c1-16-13-17(9-10-18(16)25-5)14-22-19(21-4)23-15-20(2,3)24-11-7-6-8-12-24;/h9-10,13H,6-8,11-12,14-15H2,1-5H3,(H2,21,22,23);1H. The van der Waals surface area contributed by atoms with Crippen molar-refractivity contribution in [3.8, 4) is 5.75 Å². The van der Waals surface area contributed by atoms with Crippen LogP contribution in [0.1, 0.15) is 44.2 Å². The van der Waals surface area contributed by atoms with Crippen LogP contribution in [-0.2, 0) is 6.54 Å². The number of halogens is 1. The number of nitrogens with one attached hydrogen (secondary N) is 2. The molecular weight excluding hydrogens is 439 g/mol. The fourth-order valence-electron chi connectivity index (χ4n) is 3.37. The number of likely N-dealkylation sites (tertiary alicyclic amines) is 1. The number of aliphatic imine (C=N–C) groups is 1. The van der Waals surface area contributed by atoms with Crippen LogP contribution in [0.15, 0.2) is 23.2 Å². The Balaban J connectivity index is 0.00000338. The van der Waals surface area contributed by atoms with Crippen molar-refractivity contribution in [1.82, 2.24) is 15.5 Å². The second kappa shape index (κ2) is 11.0. The predicted molar refractivity (Wildman–Crippen MR) is 121 cm³/mol. The van der Waals surface area contributed by atoms with E-state index in [-0.39, 0.29) is 29.5 Å². The van der Waals surface area contributed by atoms with Gasteiger partial charge in [0.15, 0.2) is 5.96 Å². The van der Waals surface area contributed by atoms with Crippen molar-refractivity contribution < 1.29 is 4.74 Å². The summed E-state index contributed by atoms with van der Waals surface area (Å²) in [5.74, 6) is 1.77. The molecule has 0 atom stereocenters. The summed E-state index contributed by atoms with van der Waals surface area (Å²) in [7, 11) is 3.53. The summed E-state index contributed by atoms with van der Waals surface area (Å²) in [6.07, 6.45) is 3.99. The van der Waals surface area contributed by atoms with E-state index in [2.05, 4.69) is 53.4 Å². The molecule has 1 aromatic rings. The summed E-state index contributed by atoms with van der Waals surface area (Å²) in [6.45, 7) is 10.7. The molecule has 2 rings (SSSR count). The Morgan fingerprint density at radius 3 is 2.46 bits per heavy atom. The summed E-state index contributed by atoms with van der Waals surface area (Å²) in [4.78, 5) is 6.95. The number of nitrogens with zero attached hydrogens (tertiary/aromatic N) is 2. The third-order valence-electron chi connectivity index (χ3n) is 5.04. The van der Waals surface area contributed by atoms with E-state index in [0.29, 0.717) is 0 Å². The van der Waals surface area contributed by atoms with Crippen LogP contribution < -0.4 is 15.4 Å². The SMILES string of the molecule is CN=C(NCc1ccc(OC)c(C)c1)NCC(C)(C)N1CCCCC1.I. The molecule has 0 saturated carbocycles. The van der Waals surface area contributed by atoms with Crippen molar-refractivity contribution in [2.45, 2.75) is 52.1 Å². The fraction of sp³-hybridized carbons (Fsp3) is 0.650. The minimum absolute atomic E-state index is 0. The molecule has 0 aromatic heterocycles. The Labute approximate surface area is 176 Å². The Hall–Kier alpha value is -1.02. The van der Waals surface area contributed by atoms with Crippen LogP contribution in [0, 0.1) is 6.92 Å². The lowest BCUT2D eigenvalue weighted by Crippen LogP contribution is -2.54. The maximum atomic E-state index is 5.32. The molecule has 1 aliphatic rings. The van der Waals surface area contributed by atoms with Crippen LogP contribution in [0.5, 0.6) is 5.75 Å². The number of rotatable bonds is 6. The first-order valence-corrected chi connectivity index (χ1v) is 9.29. The van der Waals surface area contributed by atoms with Crippen molar-refractivity contribution in [3.63, 3.8) is 0 Å². The highest BCUT2D eigenvalue weighted by atomic mass is 127. The number of methoxy groups -OCH3 is 1. The lowest BCUT2D eigenvalue weighted by molar-refractivity contribution is 0.0982. The summed E-state index contributed by atoms with van der Waals surface area (Å²) in [5.41, 5.74) is 2.50. The van der Waals surface area contributed by atoms with Gasteiger partial charge in [-0.3, -0.25) is 9.89 Å². The van der Waals surface area contributed by atoms with E-state index in [1.165, 1.54) is 37.9 Å². The zero-order valence-corrected chi connectivity index (χ0v) is 19.2. The Morgan fingerprint density at radius 1 is 1.19 bits per heavy atom. The lowest BCUT2D eigenvalue weighted by Gasteiger charge is -2.41. The van der Waals surface area contributed by atoms with Gasteiger partial charge in [0.05, 0.1) is 7.11 Å². The van der Waals surface area contributed by atoms with Gasteiger partial charge >= 0.3 is 0 Å². The van der Waals surface area contributed by atoms with E-state index in [1.54, 1.807) is 7.11 Å². The average molecular weight is 474 g/mol. The molecule has 1 aromatic carbocycles. The molecule has 0 amide bonds. The van der Waals surface area contributed by atoms with Crippen LogP contribution >= 0.6 is 24.0 Å². The number of guanidine groups is 1. The number of aryl methyl sites for hydroxylation is 1. The second-order valence-electron chi connectivity index (χ2n) is 7.44. The van der Waals surface area contributed by atoms with Gasteiger partial charge in [0.2, 0.25) is 0 Å². The first-order chi connectivity index (χ1) is 12.0. The van der Waals surface area contributed by atoms with Gasteiger partial charge in [-0.25, -0.2) is 0 Å². The number of benzene rings is 1. The molecule has 1 heterocycles. The Morgan fingerprint density at radius 2 is 1.88 bits per heavy atom. The minimum atomic E-state index is 0. The van der Waals surface area contributed by atoms with Crippen LogP contribution in [-0.4, -0.2) is 50.2 Å². The van der Waals surface area contributed by atoms with Crippen molar-refractivity contribution in [3.05, 3.63) is 29.3 Å². The van der Waals surface area contributed by atoms with Gasteiger partial charge in [-0.2, -0.15) is 0 Å². The van der Waals surface area contributed by atoms with Crippen LogP contribution in [0.3, 0.4) is 0 Å². The molecule has 2 N–H and O–H groups in total. The van der Waals surface area contributed by atoms with E-state index in [1.807, 2.05) is 13.1 Å². The zero-order chi connectivity index (χ0) is 18.3. The molecule has 1 saturated heterocycles. The number of ether oxygens (including phenoxy) is 1. The first kappa shape index (κ1) is 23.0. The maximum absolute atomic E-state index is 5.32. The third-order valence-corrected chi connectivity index (χ3v) is 5.04. The van der Waals surface area contributed by atoms with E-state index in [0.717, 1.165) is 30.4 Å². The number of piperidine rings is 1. The largest absolute Gasteiger partial charge is 0.496 e. The molecule has 0 aliphatic carbocycles. The first-order valence-electron chi connectivity index (χ1n) is 9.29. The lowest BCUT2D eigenvalue weighted by atomic mass is 9.98. The molecule has 1 fully saturated rings. The number of hydrogen-bond donors (Lipinski definition) is 2. The van der Waals surface area contributed by atoms with Gasteiger partial charge in [0.25, 0.3) is 0 Å². The summed E-state index contributed by atoms with van der Waals surface area (Å²) in [6, 6.07) is 6.25. The van der Waals surface area contributed by atoms with Gasteiger partial charge in [0.1, 0.15) is 5.75 Å². The van der Waals surface area contributed by atoms with E-state index < -0.39 is 0 Å². The topological polar surface area (TPSA) is 48.9 Å². The fourth-order valence-corrected chi connectivity index (χ4v) is 3.37. The van der Waals surface area contributed by atoms with Crippen molar-refractivity contribution in [2.24, 2.45) is 4.99 Å². The molecule has 1 aliphatic heterocycles. The zero-order valence-electron chi connectivity index (χ0n) is 16.9. The summed E-state index contributed by atoms with van der Waals surface area (Å²) in [5, 5.41) is 6.89. The molecule has 5 nitrogen and oxygen atoms in total. The van der Waals surface area contributed by atoms with Crippen LogP contribution in [0.25, 0.3) is 0 Å². The Bertz CT molecular complexity index is 583. The normalized spacial score (nSPS) is 16.0. The monoisotopic (exact) mass is 474 g/mol. The van der Waals surface area contributed by atoms with Crippen LogP contribution in [0.2, 0.25) is 0 Å². The molecular formula is C20H35IN4O. The van der Waals surface area contributed by atoms with E-state index >= 15 is 0 Å². The van der Waals surface area contributed by atoms with Gasteiger partial charge in [-0.15, -0.1) is 24.0 Å². The number of hydrogen-bond acceptors (Lipinski definition) is 3. The summed E-state index contributed by atoms with van der Waals surface area (Å²) < 4.78 is 5.32. The predicted octanol–water partition coefficient (Wildman–Crippen LogP) is 3.55. The molecule has 0 unspecified atom stereocenters. The van der Waals surface area contributed by atoms with Crippen LogP contribution in [0.4, 0.5) is 0 Å². The molecule has 6 heteroatoms.